The number of aliphatic hydroxyl groups is 7. The molecule has 23 nitrogen and oxygen atoms in total. The summed E-state index contributed by atoms with van der Waals surface area (Å²) < 4.78 is 35.3. The molecular weight excluding hydrogens is 686 g/mol. The van der Waals surface area contributed by atoms with Crippen LogP contribution in [0.5, 0.6) is 0 Å². The minimum atomic E-state index is -1.70. The zero-order valence-corrected chi connectivity index (χ0v) is 27.9. The van der Waals surface area contributed by atoms with E-state index in [0.29, 0.717) is 0 Å². The predicted octanol–water partition coefficient (Wildman–Crippen LogP) is -9.47. The zero-order valence-electron chi connectivity index (χ0n) is 27.9. The number of rotatable bonds is 14. The molecule has 296 valence electrons. The van der Waals surface area contributed by atoms with E-state index in [1.165, 1.54) is 0 Å². The van der Waals surface area contributed by atoms with Crippen molar-refractivity contribution in [1.29, 1.82) is 5.41 Å². The van der Waals surface area contributed by atoms with Crippen molar-refractivity contribution in [1.82, 2.24) is 10.6 Å². The molecule has 1 saturated carbocycles. The molecule has 0 aromatic carbocycles. The average Bonchev–Trinajstić information content (AvgIpc) is 3.39. The van der Waals surface area contributed by atoms with Crippen molar-refractivity contribution in [3.05, 3.63) is 0 Å². The Morgan fingerprint density at radius 2 is 1.43 bits per heavy atom. The fourth-order valence-electron chi connectivity index (χ4n) is 6.55. The second-order valence-electron chi connectivity index (χ2n) is 13.2. The summed E-state index contributed by atoms with van der Waals surface area (Å²) in [6.07, 6.45) is -20.5. The maximum Gasteiger partial charge on any atom is 0.249 e. The molecule has 4 fully saturated rings. The molecule has 0 aromatic rings. The molecule has 19 atom stereocenters. The number of nitrogens with one attached hydrogen (secondary N) is 3. The first-order valence-corrected chi connectivity index (χ1v) is 16.8. The maximum atomic E-state index is 12.9. The first-order chi connectivity index (χ1) is 24.1. The van der Waals surface area contributed by atoms with Crippen LogP contribution in [0, 0.1) is 5.41 Å². The highest BCUT2D eigenvalue weighted by Crippen LogP contribution is 2.34. The summed E-state index contributed by atoms with van der Waals surface area (Å²) in [6, 6.07) is -4.54. The van der Waals surface area contributed by atoms with Gasteiger partial charge < -0.3 is 109 Å². The third-order valence-electron chi connectivity index (χ3n) is 9.56. The van der Waals surface area contributed by atoms with Crippen molar-refractivity contribution in [2.75, 3.05) is 26.2 Å². The molecule has 1 amide bonds. The Morgan fingerprint density at radius 3 is 2.06 bits per heavy atom. The van der Waals surface area contributed by atoms with Gasteiger partial charge in [0, 0.05) is 32.1 Å². The van der Waals surface area contributed by atoms with Crippen LogP contribution >= 0.6 is 0 Å². The van der Waals surface area contributed by atoms with Crippen LogP contribution < -0.4 is 45.0 Å². The van der Waals surface area contributed by atoms with Crippen LogP contribution in [0.1, 0.15) is 19.3 Å². The molecular formula is C28H55N9O14. The minimum absolute atomic E-state index is 0.00494. The summed E-state index contributed by atoms with van der Waals surface area (Å²) in [4.78, 5) is 12.9. The lowest BCUT2D eigenvalue weighted by molar-refractivity contribution is -0.295. The summed E-state index contributed by atoms with van der Waals surface area (Å²) >= 11 is 0. The van der Waals surface area contributed by atoms with Gasteiger partial charge in [-0.1, -0.05) is 0 Å². The molecule has 4 aliphatic rings. The number of aliphatic hydroxyl groups excluding tert-OH is 7. The average molecular weight is 742 g/mol. The lowest BCUT2D eigenvalue weighted by atomic mass is 9.83. The lowest BCUT2D eigenvalue weighted by Gasteiger charge is -2.47. The van der Waals surface area contributed by atoms with Crippen molar-refractivity contribution in [3.8, 4) is 0 Å². The van der Waals surface area contributed by atoms with Gasteiger partial charge in [0.25, 0.3) is 0 Å². The summed E-state index contributed by atoms with van der Waals surface area (Å²) in [5, 5.41) is 86.8. The van der Waals surface area contributed by atoms with Gasteiger partial charge in [-0.05, 0) is 12.8 Å². The highest BCUT2D eigenvalue weighted by molar-refractivity contribution is 5.81. The molecule has 51 heavy (non-hydrogen) atoms. The van der Waals surface area contributed by atoms with E-state index in [9.17, 15) is 40.5 Å². The number of carbonyl (C=O) groups excluding carboxylic acids is 1. The molecule has 3 saturated heterocycles. The quantitative estimate of drug-likeness (QED) is 0.0580. The summed E-state index contributed by atoms with van der Waals surface area (Å²) in [5.41, 5.74) is 35.4. The highest BCUT2D eigenvalue weighted by atomic mass is 16.8. The molecule has 0 radical (unpaired) electrons. The Hall–Kier alpha value is -1.98. The summed E-state index contributed by atoms with van der Waals surface area (Å²) in [5.74, 6) is -1.23. The number of nitrogens with two attached hydrogens (primary N) is 6. The Bertz CT molecular complexity index is 1140. The number of ether oxygens (including phenoxy) is 6. The number of guanidine groups is 1. The van der Waals surface area contributed by atoms with Gasteiger partial charge in [-0.25, -0.2) is 0 Å². The first kappa shape index (κ1) is 41.8. The third kappa shape index (κ3) is 9.77. The van der Waals surface area contributed by atoms with E-state index < -0.39 is 129 Å². The number of hydrogen-bond acceptors (Lipinski definition) is 20. The van der Waals surface area contributed by atoms with Crippen LogP contribution in [0.3, 0.4) is 0 Å². The van der Waals surface area contributed by atoms with E-state index in [-0.39, 0.29) is 44.9 Å². The molecule has 3 aliphatic heterocycles. The smallest absolute Gasteiger partial charge is 0.249 e. The fourth-order valence-corrected chi connectivity index (χ4v) is 6.55. The zero-order chi connectivity index (χ0) is 37.7. The Labute approximate surface area is 293 Å². The van der Waals surface area contributed by atoms with Crippen LogP contribution in [-0.2, 0) is 33.2 Å². The van der Waals surface area contributed by atoms with Crippen molar-refractivity contribution < 1.29 is 69.0 Å². The van der Waals surface area contributed by atoms with Gasteiger partial charge in [-0.15, -0.1) is 0 Å². The first-order valence-electron chi connectivity index (χ1n) is 16.8. The van der Waals surface area contributed by atoms with Gasteiger partial charge in [0.2, 0.25) is 5.91 Å². The van der Waals surface area contributed by atoms with Gasteiger partial charge in [0.15, 0.2) is 24.8 Å². The summed E-state index contributed by atoms with van der Waals surface area (Å²) in [6.45, 7) is -0.874. The standard InChI is InChI=1S/C28H55N9O14/c29-5-8-3-12(40)15(32)25(46-8)49-21-9(31)4-10(37-24(45)11(39)1-2-36-28(34)35)17(41)23(21)51-27-20(44)22(14(7-38)48-27)50-26-16(33)19(43)18(42)13(6-30)47-26/h8-23,25-27,38-44H,1-7,29-33H2,(H,37,45)(H4,34,35,36)/t8-,9-,10+,11-,12+,13-,14+,15+,16+,17-,18+,19+,20+,21+,22+,23+,25+,26+,27-/m0/s1. The van der Waals surface area contributed by atoms with Crippen molar-refractivity contribution in [3.63, 3.8) is 0 Å². The fraction of sp³-hybridized carbons (Fsp3) is 0.929. The van der Waals surface area contributed by atoms with E-state index in [4.69, 9.17) is 68.2 Å². The van der Waals surface area contributed by atoms with Crippen molar-refractivity contribution >= 4 is 11.9 Å². The largest absolute Gasteiger partial charge is 0.394 e. The monoisotopic (exact) mass is 741 g/mol. The predicted molar refractivity (Wildman–Crippen MR) is 171 cm³/mol. The van der Waals surface area contributed by atoms with Gasteiger partial charge in [-0.2, -0.15) is 0 Å². The van der Waals surface area contributed by atoms with Crippen LogP contribution in [-0.4, -0.2) is 190 Å². The number of amides is 1. The third-order valence-corrected chi connectivity index (χ3v) is 9.56. The number of hydrogen-bond donors (Lipinski definition) is 16. The van der Waals surface area contributed by atoms with Gasteiger partial charge in [0.05, 0.1) is 36.9 Å². The van der Waals surface area contributed by atoms with E-state index in [0.717, 1.165) is 0 Å². The van der Waals surface area contributed by atoms with Gasteiger partial charge in [0.1, 0.15) is 61.0 Å². The lowest BCUT2D eigenvalue weighted by Crippen LogP contribution is -2.67. The molecule has 1 aliphatic carbocycles. The van der Waals surface area contributed by atoms with E-state index >= 15 is 0 Å². The highest BCUT2D eigenvalue weighted by Gasteiger charge is 2.54. The van der Waals surface area contributed by atoms with E-state index in [1.807, 2.05) is 0 Å². The molecule has 23 heteroatoms. The van der Waals surface area contributed by atoms with Crippen LogP contribution in [0.25, 0.3) is 0 Å². The summed E-state index contributed by atoms with van der Waals surface area (Å²) in [7, 11) is 0. The molecule has 0 bridgehead atoms. The molecule has 22 N–H and O–H groups in total. The molecule has 3 heterocycles. The van der Waals surface area contributed by atoms with Crippen LogP contribution in [0.15, 0.2) is 0 Å². The van der Waals surface area contributed by atoms with Crippen molar-refractivity contribution in [2.24, 2.45) is 34.4 Å². The number of carbonyl (C=O) groups is 1. The van der Waals surface area contributed by atoms with Crippen LogP contribution in [0.4, 0.5) is 0 Å². The Kier molecular flexibility index (Phi) is 15.0. The maximum absolute atomic E-state index is 12.9. The Balaban J connectivity index is 1.54. The second kappa shape index (κ2) is 18.4. The molecule has 0 spiro atoms. The van der Waals surface area contributed by atoms with Gasteiger partial charge in [-0.3, -0.25) is 10.2 Å². The minimum Gasteiger partial charge on any atom is -0.394 e. The van der Waals surface area contributed by atoms with Gasteiger partial charge >= 0.3 is 0 Å². The molecule has 4 rings (SSSR count). The van der Waals surface area contributed by atoms with E-state index in [1.54, 1.807) is 0 Å². The second-order valence-corrected chi connectivity index (χ2v) is 13.2. The normalized spacial score (nSPS) is 45.3. The van der Waals surface area contributed by atoms with Crippen LogP contribution in [0.2, 0.25) is 0 Å². The molecule has 0 aromatic heterocycles. The van der Waals surface area contributed by atoms with Crippen molar-refractivity contribution in [2.45, 2.75) is 136 Å². The molecule has 0 unspecified atom stereocenters. The Morgan fingerprint density at radius 1 is 0.804 bits per heavy atom. The topological polar surface area (TPSA) is 418 Å². The van der Waals surface area contributed by atoms with E-state index in [2.05, 4.69) is 10.6 Å². The SMILES string of the molecule is N=C(N)NCC[C@H](O)C(=O)N[C@@H]1C[C@H](N)[C@@H](O[C@H]2O[C@H](CN)C[C@@H](O)[C@H]2N)[C@H](O[C@@H]2O[C@H](CO)[C@@H](O[C@H]3O[C@@H](CN)[C@@H](O)[C@H](O)[C@H]3N)[C@H]2O)[C@H]1O.